The maximum absolute atomic E-state index is 13.0. The normalized spacial score (nSPS) is 23.3. The number of rotatable bonds is 2. The lowest BCUT2D eigenvalue weighted by Crippen LogP contribution is -2.76. The second-order valence-electron chi connectivity index (χ2n) is 7.91. The monoisotopic (exact) mass is 320 g/mol. The van der Waals surface area contributed by atoms with Crippen LogP contribution in [0.2, 0.25) is 0 Å². The van der Waals surface area contributed by atoms with Gasteiger partial charge in [-0.15, -0.1) is 0 Å². The predicted octanol–water partition coefficient (Wildman–Crippen LogP) is 3.27. The molecule has 2 heterocycles. The number of hydrogen-bond donors (Lipinski definition) is 0. The summed E-state index contributed by atoms with van der Waals surface area (Å²) in [6, 6.07) is 7.10. The molecule has 0 aliphatic carbocycles. The molecule has 2 aliphatic rings. The van der Waals surface area contributed by atoms with Gasteiger partial charge in [-0.05, 0) is 45.4 Å². The smallest absolute Gasteiger partial charge is 0.410 e. The predicted molar refractivity (Wildman–Crippen MR) is 86.5 cm³/mol. The summed E-state index contributed by atoms with van der Waals surface area (Å²) in [7, 11) is 0. The van der Waals surface area contributed by atoms with Crippen molar-refractivity contribution in [1.82, 2.24) is 9.80 Å². The molecular formula is C18H25FN2O2. The van der Waals surface area contributed by atoms with Crippen LogP contribution in [0.4, 0.5) is 9.18 Å². The Morgan fingerprint density at radius 2 is 1.87 bits per heavy atom. The summed E-state index contributed by atoms with van der Waals surface area (Å²) >= 11 is 0. The largest absolute Gasteiger partial charge is 0.444 e. The van der Waals surface area contributed by atoms with Crippen LogP contribution in [0.25, 0.3) is 0 Å². The highest BCUT2D eigenvalue weighted by molar-refractivity contribution is 5.69. The summed E-state index contributed by atoms with van der Waals surface area (Å²) in [5.41, 5.74) is 0.882. The Labute approximate surface area is 137 Å². The number of benzene rings is 1. The molecule has 1 amide bonds. The molecule has 2 fully saturated rings. The lowest BCUT2D eigenvalue weighted by atomic mass is 9.66. The molecule has 1 aromatic carbocycles. The van der Waals surface area contributed by atoms with Crippen molar-refractivity contribution in [2.45, 2.75) is 45.9 Å². The highest BCUT2D eigenvalue weighted by Crippen LogP contribution is 2.46. The Balaban J connectivity index is 1.50. The Morgan fingerprint density at radius 1 is 1.26 bits per heavy atom. The fraction of sp³-hybridized carbons (Fsp3) is 0.611. The molecule has 2 aliphatic heterocycles. The molecule has 0 saturated carbocycles. The number of ether oxygens (including phenoxy) is 1. The molecule has 0 N–H and O–H groups in total. The van der Waals surface area contributed by atoms with Gasteiger partial charge in [0.2, 0.25) is 0 Å². The van der Waals surface area contributed by atoms with Gasteiger partial charge in [-0.2, -0.15) is 0 Å². The van der Waals surface area contributed by atoms with Crippen molar-refractivity contribution < 1.29 is 13.9 Å². The molecule has 0 bridgehead atoms. The number of nitrogens with zero attached hydrogens (tertiary/aromatic N) is 2. The van der Waals surface area contributed by atoms with Crippen molar-refractivity contribution in [3.8, 4) is 0 Å². The first-order chi connectivity index (χ1) is 10.7. The van der Waals surface area contributed by atoms with Crippen molar-refractivity contribution in [2.24, 2.45) is 5.41 Å². The Morgan fingerprint density at radius 3 is 2.39 bits per heavy atom. The van der Waals surface area contributed by atoms with E-state index in [0.717, 1.165) is 31.7 Å². The van der Waals surface area contributed by atoms with Crippen LogP contribution in [-0.4, -0.2) is 47.2 Å². The van der Waals surface area contributed by atoms with Gasteiger partial charge < -0.3 is 9.64 Å². The van der Waals surface area contributed by atoms with Gasteiger partial charge in [0, 0.05) is 37.6 Å². The highest BCUT2D eigenvalue weighted by Gasteiger charge is 2.58. The van der Waals surface area contributed by atoms with E-state index in [4.69, 9.17) is 4.74 Å². The van der Waals surface area contributed by atoms with Crippen LogP contribution in [0, 0.1) is 11.2 Å². The average Bonchev–Trinajstić information content (AvgIpc) is 2.40. The summed E-state index contributed by atoms with van der Waals surface area (Å²) < 4.78 is 18.4. The molecule has 23 heavy (non-hydrogen) atoms. The molecule has 1 spiro atoms. The van der Waals surface area contributed by atoms with E-state index in [1.54, 1.807) is 4.90 Å². The van der Waals surface area contributed by atoms with Crippen molar-refractivity contribution >= 4 is 6.09 Å². The lowest BCUT2D eigenvalue weighted by molar-refractivity contribution is -0.156. The van der Waals surface area contributed by atoms with E-state index in [0.29, 0.717) is 6.04 Å². The number of carbonyl (C=O) groups excluding carboxylic acids is 1. The third-order valence-electron chi connectivity index (χ3n) is 4.91. The zero-order valence-electron chi connectivity index (χ0n) is 14.3. The van der Waals surface area contributed by atoms with Gasteiger partial charge in [0.05, 0.1) is 0 Å². The summed E-state index contributed by atoms with van der Waals surface area (Å²) in [4.78, 5) is 16.2. The van der Waals surface area contributed by atoms with E-state index in [1.165, 1.54) is 12.1 Å². The molecule has 1 aromatic rings. The first-order valence-electron chi connectivity index (χ1n) is 8.15. The number of hydrogen-bond acceptors (Lipinski definition) is 3. The number of carbonyl (C=O) groups is 1. The van der Waals surface area contributed by atoms with Gasteiger partial charge in [-0.1, -0.05) is 12.1 Å². The van der Waals surface area contributed by atoms with Gasteiger partial charge in [0.15, 0.2) is 0 Å². The van der Waals surface area contributed by atoms with E-state index >= 15 is 0 Å². The standard InChI is InChI=1S/C18H25FN2O2/c1-13-18(11-21(12-18)16(22)23-17(2,3)4)10-20(13)9-14-5-7-15(19)8-6-14/h5-8,13H,9-12H2,1-4H3. The SMILES string of the molecule is CC1N(Cc2ccc(F)cc2)CC12CN(C(=O)OC(C)(C)C)C2. The number of likely N-dealkylation sites (tertiary alicyclic amines) is 2. The van der Waals surface area contributed by atoms with Crippen LogP contribution in [0.15, 0.2) is 24.3 Å². The average molecular weight is 320 g/mol. The van der Waals surface area contributed by atoms with Crippen LogP contribution in [0.1, 0.15) is 33.3 Å². The lowest BCUT2D eigenvalue weighted by Gasteiger charge is -2.64. The molecule has 0 radical (unpaired) electrons. The van der Waals surface area contributed by atoms with Gasteiger partial charge >= 0.3 is 6.09 Å². The highest BCUT2D eigenvalue weighted by atomic mass is 19.1. The molecule has 3 rings (SSSR count). The second-order valence-corrected chi connectivity index (χ2v) is 7.91. The number of amides is 1. The Kier molecular flexibility index (Phi) is 3.87. The van der Waals surface area contributed by atoms with Crippen molar-refractivity contribution in [1.29, 1.82) is 0 Å². The summed E-state index contributed by atoms with van der Waals surface area (Å²) in [5.74, 6) is -0.200. The Hall–Kier alpha value is -1.62. The maximum Gasteiger partial charge on any atom is 0.410 e. The second kappa shape index (κ2) is 5.48. The topological polar surface area (TPSA) is 32.8 Å². The van der Waals surface area contributed by atoms with Gasteiger partial charge in [-0.3, -0.25) is 4.90 Å². The molecule has 126 valence electrons. The van der Waals surface area contributed by atoms with Gasteiger partial charge in [-0.25, -0.2) is 9.18 Å². The van der Waals surface area contributed by atoms with Gasteiger partial charge in [0.25, 0.3) is 0 Å². The van der Waals surface area contributed by atoms with Crippen LogP contribution >= 0.6 is 0 Å². The van der Waals surface area contributed by atoms with Crippen LogP contribution in [-0.2, 0) is 11.3 Å². The van der Waals surface area contributed by atoms with E-state index in [-0.39, 0.29) is 17.3 Å². The van der Waals surface area contributed by atoms with E-state index in [9.17, 15) is 9.18 Å². The molecule has 1 unspecified atom stereocenters. The van der Waals surface area contributed by atoms with E-state index in [1.807, 2.05) is 32.9 Å². The van der Waals surface area contributed by atoms with Gasteiger partial charge in [0.1, 0.15) is 11.4 Å². The molecule has 0 aromatic heterocycles. The van der Waals surface area contributed by atoms with Crippen LogP contribution in [0.5, 0.6) is 0 Å². The third-order valence-corrected chi connectivity index (χ3v) is 4.91. The summed E-state index contributed by atoms with van der Waals surface area (Å²) in [6.07, 6.45) is -0.215. The fourth-order valence-corrected chi connectivity index (χ4v) is 3.50. The molecule has 5 heteroatoms. The van der Waals surface area contributed by atoms with E-state index in [2.05, 4.69) is 11.8 Å². The molecule has 1 atom stereocenters. The molecule has 2 saturated heterocycles. The number of halogens is 1. The molecular weight excluding hydrogens is 295 g/mol. The Bertz CT molecular complexity index is 588. The maximum atomic E-state index is 13.0. The minimum atomic E-state index is -0.445. The van der Waals surface area contributed by atoms with Crippen molar-refractivity contribution in [2.75, 3.05) is 19.6 Å². The minimum Gasteiger partial charge on any atom is -0.444 e. The zero-order valence-corrected chi connectivity index (χ0v) is 14.3. The summed E-state index contributed by atoms with van der Waals surface area (Å²) in [5, 5.41) is 0. The first-order valence-corrected chi connectivity index (χ1v) is 8.15. The third kappa shape index (κ3) is 3.20. The van der Waals surface area contributed by atoms with Crippen LogP contribution < -0.4 is 0 Å². The van der Waals surface area contributed by atoms with Crippen LogP contribution in [0.3, 0.4) is 0 Å². The zero-order chi connectivity index (χ0) is 16.8. The van der Waals surface area contributed by atoms with Crippen molar-refractivity contribution in [3.63, 3.8) is 0 Å². The van der Waals surface area contributed by atoms with Crippen molar-refractivity contribution in [3.05, 3.63) is 35.6 Å². The molecule has 4 nitrogen and oxygen atoms in total. The quantitative estimate of drug-likeness (QED) is 0.838. The fourth-order valence-electron chi connectivity index (χ4n) is 3.50. The summed E-state index contributed by atoms with van der Waals surface area (Å²) in [6.45, 7) is 11.2. The van der Waals surface area contributed by atoms with E-state index < -0.39 is 5.60 Å². The first kappa shape index (κ1) is 16.2. The minimum absolute atomic E-state index is 0.200.